The summed E-state index contributed by atoms with van der Waals surface area (Å²) in [4.78, 5) is 36.0. The maximum Gasteiger partial charge on any atom is 0.326 e. The molecule has 0 saturated heterocycles. The molecule has 1 atom stereocenters. The number of hydrogen-bond donors (Lipinski definition) is 3. The highest BCUT2D eigenvalue weighted by molar-refractivity contribution is 5.92. The van der Waals surface area contributed by atoms with Crippen LogP contribution in [0, 0.1) is 5.92 Å². The molecule has 1 aromatic rings. The first kappa shape index (κ1) is 21.5. The van der Waals surface area contributed by atoms with E-state index < -0.39 is 23.3 Å². The third-order valence-electron chi connectivity index (χ3n) is 4.58. The van der Waals surface area contributed by atoms with Gasteiger partial charge in [-0.2, -0.15) is 0 Å². The van der Waals surface area contributed by atoms with Crippen molar-refractivity contribution in [3.05, 3.63) is 23.8 Å². The van der Waals surface area contributed by atoms with Gasteiger partial charge in [-0.05, 0) is 43.9 Å². The van der Waals surface area contributed by atoms with Gasteiger partial charge in [-0.3, -0.25) is 9.59 Å². The second-order valence-electron chi connectivity index (χ2n) is 7.75. The largest absolute Gasteiger partial charge is 0.486 e. The van der Waals surface area contributed by atoms with E-state index in [9.17, 15) is 19.5 Å². The van der Waals surface area contributed by atoms with Crippen LogP contribution in [0.25, 0.3) is 0 Å². The Morgan fingerprint density at radius 1 is 1.14 bits per heavy atom. The van der Waals surface area contributed by atoms with Gasteiger partial charge in [-0.1, -0.05) is 19.9 Å². The number of carbonyl (C=O) groups excluding carboxylic acids is 2. The molecule has 2 amide bonds. The molecule has 0 fully saturated rings. The zero-order chi connectivity index (χ0) is 20.9. The molecule has 0 bridgehead atoms. The number of rotatable bonds is 8. The van der Waals surface area contributed by atoms with Crippen LogP contribution in [0.5, 0.6) is 11.5 Å². The van der Waals surface area contributed by atoms with Gasteiger partial charge in [0.2, 0.25) is 11.8 Å². The number of ether oxygens (including phenoxy) is 2. The van der Waals surface area contributed by atoms with Crippen molar-refractivity contribution in [3.8, 4) is 11.5 Å². The first-order valence-corrected chi connectivity index (χ1v) is 9.32. The molecule has 0 aromatic heterocycles. The number of carboxylic acids is 1. The Kier molecular flexibility index (Phi) is 6.88. The fraction of sp³-hybridized carbons (Fsp3) is 0.550. The Morgan fingerprint density at radius 2 is 1.79 bits per heavy atom. The molecule has 3 N–H and O–H groups in total. The molecule has 8 heteroatoms. The van der Waals surface area contributed by atoms with Crippen LogP contribution in [-0.4, -0.2) is 48.7 Å². The second-order valence-corrected chi connectivity index (χ2v) is 7.75. The van der Waals surface area contributed by atoms with E-state index in [1.54, 1.807) is 32.0 Å². The van der Waals surface area contributed by atoms with Crippen LogP contribution in [-0.2, 0) is 19.8 Å². The van der Waals surface area contributed by atoms with Crippen molar-refractivity contribution in [3.63, 3.8) is 0 Å². The number of carbonyl (C=O) groups is 3. The number of aliphatic carboxylic acids is 1. The van der Waals surface area contributed by atoms with E-state index in [1.807, 2.05) is 13.8 Å². The summed E-state index contributed by atoms with van der Waals surface area (Å²) < 4.78 is 11.0. The summed E-state index contributed by atoms with van der Waals surface area (Å²) in [5.74, 6) is -0.652. The summed E-state index contributed by atoms with van der Waals surface area (Å²) in [6.07, 6.45) is 0.317. The quantitative estimate of drug-likeness (QED) is 0.617. The van der Waals surface area contributed by atoms with Crippen molar-refractivity contribution in [1.29, 1.82) is 0 Å². The van der Waals surface area contributed by atoms with E-state index in [0.717, 1.165) is 5.56 Å². The third-order valence-corrected chi connectivity index (χ3v) is 4.58. The lowest BCUT2D eigenvalue weighted by atomic mass is 9.83. The summed E-state index contributed by atoms with van der Waals surface area (Å²) in [6, 6.07) is 4.33. The highest BCUT2D eigenvalue weighted by Crippen LogP contribution is 2.35. The molecule has 0 unspecified atom stereocenters. The van der Waals surface area contributed by atoms with Crippen LogP contribution in [0.2, 0.25) is 0 Å². The summed E-state index contributed by atoms with van der Waals surface area (Å²) in [6.45, 7) is 7.87. The molecule has 2 rings (SSSR count). The first-order chi connectivity index (χ1) is 13.1. The number of hydrogen-bond acceptors (Lipinski definition) is 5. The molecule has 1 heterocycles. The smallest absolute Gasteiger partial charge is 0.326 e. The van der Waals surface area contributed by atoms with Crippen molar-refractivity contribution < 1.29 is 29.0 Å². The highest BCUT2D eigenvalue weighted by Gasteiger charge is 2.31. The van der Waals surface area contributed by atoms with Crippen molar-refractivity contribution in [1.82, 2.24) is 10.6 Å². The standard InChI is InChI=1S/C20H28N2O6/c1-12(2)9-14(18(24)25)22-17(23)11-21-19(26)20(3,4)13-5-6-15-16(10-13)28-8-7-27-15/h5-6,10,12,14H,7-9,11H2,1-4H3,(H,21,26)(H,22,23)(H,24,25)/t14-/m0/s1. The SMILES string of the molecule is CC(C)C[C@H](NC(=O)CNC(=O)C(C)(C)c1ccc2c(c1)OCCO2)C(=O)O. The van der Waals surface area contributed by atoms with Gasteiger partial charge in [0.15, 0.2) is 11.5 Å². The number of nitrogens with one attached hydrogen (secondary N) is 2. The predicted octanol–water partition coefficient (Wildman–Crippen LogP) is 1.47. The van der Waals surface area contributed by atoms with Crippen molar-refractivity contribution in [2.75, 3.05) is 19.8 Å². The van der Waals surface area contributed by atoms with E-state index >= 15 is 0 Å². The van der Waals surface area contributed by atoms with Crippen LogP contribution in [0.15, 0.2) is 18.2 Å². The molecule has 0 spiro atoms. The van der Waals surface area contributed by atoms with E-state index in [0.29, 0.717) is 31.1 Å². The van der Waals surface area contributed by atoms with Crippen molar-refractivity contribution in [2.45, 2.75) is 45.6 Å². The molecular weight excluding hydrogens is 364 g/mol. The lowest BCUT2D eigenvalue weighted by molar-refractivity contribution is -0.142. The van der Waals surface area contributed by atoms with Gasteiger partial charge in [0, 0.05) is 0 Å². The van der Waals surface area contributed by atoms with Crippen LogP contribution < -0.4 is 20.1 Å². The Labute approximate surface area is 164 Å². The Bertz CT molecular complexity index is 744. The van der Waals surface area contributed by atoms with Crippen LogP contribution >= 0.6 is 0 Å². The minimum absolute atomic E-state index is 0.116. The minimum Gasteiger partial charge on any atom is -0.486 e. The number of carboxylic acid groups (broad SMARTS) is 1. The zero-order valence-corrected chi connectivity index (χ0v) is 16.7. The Morgan fingerprint density at radius 3 is 2.39 bits per heavy atom. The number of fused-ring (bicyclic) bond motifs is 1. The normalized spacial score (nSPS) is 14.3. The molecule has 8 nitrogen and oxygen atoms in total. The van der Waals surface area contributed by atoms with Crippen LogP contribution in [0.4, 0.5) is 0 Å². The van der Waals surface area contributed by atoms with Crippen LogP contribution in [0.3, 0.4) is 0 Å². The molecular formula is C20H28N2O6. The van der Waals surface area contributed by atoms with Crippen molar-refractivity contribution in [2.24, 2.45) is 5.92 Å². The molecule has 0 aliphatic carbocycles. The van der Waals surface area contributed by atoms with Gasteiger partial charge < -0.3 is 25.2 Å². The van der Waals surface area contributed by atoms with Gasteiger partial charge in [0.1, 0.15) is 19.3 Å². The minimum atomic E-state index is -1.09. The van der Waals surface area contributed by atoms with E-state index in [1.165, 1.54) is 0 Å². The average molecular weight is 392 g/mol. The third kappa shape index (κ3) is 5.37. The molecule has 28 heavy (non-hydrogen) atoms. The van der Waals surface area contributed by atoms with E-state index in [4.69, 9.17) is 9.47 Å². The Hall–Kier alpha value is -2.77. The average Bonchev–Trinajstić information content (AvgIpc) is 2.64. The molecule has 154 valence electrons. The summed E-state index contributed by atoms with van der Waals surface area (Å²) in [5.41, 5.74) is -0.196. The predicted molar refractivity (Wildman–Crippen MR) is 102 cm³/mol. The molecule has 1 aromatic carbocycles. The van der Waals surface area contributed by atoms with Gasteiger partial charge in [0.05, 0.1) is 12.0 Å². The lowest BCUT2D eigenvalue weighted by Crippen LogP contribution is -2.48. The summed E-state index contributed by atoms with van der Waals surface area (Å²) >= 11 is 0. The molecule has 0 radical (unpaired) electrons. The zero-order valence-electron chi connectivity index (χ0n) is 16.7. The summed E-state index contributed by atoms with van der Waals surface area (Å²) in [7, 11) is 0. The fourth-order valence-electron chi connectivity index (χ4n) is 2.88. The lowest BCUT2D eigenvalue weighted by Gasteiger charge is -2.26. The maximum atomic E-state index is 12.7. The van der Waals surface area contributed by atoms with Crippen LogP contribution in [0.1, 0.15) is 39.7 Å². The van der Waals surface area contributed by atoms with Gasteiger partial charge in [-0.25, -0.2) is 4.79 Å². The monoisotopic (exact) mass is 392 g/mol. The van der Waals surface area contributed by atoms with Crippen molar-refractivity contribution >= 4 is 17.8 Å². The number of amides is 2. The highest BCUT2D eigenvalue weighted by atomic mass is 16.6. The Balaban J connectivity index is 1.97. The number of benzene rings is 1. The van der Waals surface area contributed by atoms with Gasteiger partial charge in [0.25, 0.3) is 0 Å². The van der Waals surface area contributed by atoms with Gasteiger partial charge >= 0.3 is 5.97 Å². The van der Waals surface area contributed by atoms with E-state index in [-0.39, 0.29) is 18.4 Å². The van der Waals surface area contributed by atoms with Gasteiger partial charge in [-0.15, -0.1) is 0 Å². The molecule has 0 saturated carbocycles. The maximum absolute atomic E-state index is 12.7. The topological polar surface area (TPSA) is 114 Å². The molecule has 1 aliphatic heterocycles. The second kappa shape index (κ2) is 8.95. The van der Waals surface area contributed by atoms with E-state index in [2.05, 4.69) is 10.6 Å². The fourth-order valence-corrected chi connectivity index (χ4v) is 2.88. The molecule has 1 aliphatic rings. The first-order valence-electron chi connectivity index (χ1n) is 9.32. The summed E-state index contributed by atoms with van der Waals surface area (Å²) in [5, 5.41) is 14.2.